The van der Waals surface area contributed by atoms with E-state index >= 15 is 0 Å². The topological polar surface area (TPSA) is 64.0 Å². The van der Waals surface area contributed by atoms with Crippen molar-refractivity contribution >= 4 is 16.9 Å². The number of benzene rings is 3. The van der Waals surface area contributed by atoms with E-state index in [0.717, 1.165) is 11.1 Å². The summed E-state index contributed by atoms with van der Waals surface area (Å²) in [5, 5.41) is 2.94. The number of rotatable bonds is 5. The average molecular weight is 397 g/mol. The Morgan fingerprint density at radius 3 is 2.40 bits per heavy atom. The number of hydrogen-bond acceptors (Lipinski definition) is 3. The maximum Gasteiger partial charge on any atom is 0.272 e. The molecule has 0 radical (unpaired) electrons. The van der Waals surface area contributed by atoms with Crippen molar-refractivity contribution in [3.05, 3.63) is 111 Å². The summed E-state index contributed by atoms with van der Waals surface area (Å²) in [4.78, 5) is 29.8. The molecule has 0 aliphatic carbocycles. The van der Waals surface area contributed by atoms with E-state index in [0.29, 0.717) is 35.4 Å². The van der Waals surface area contributed by atoms with E-state index in [-0.39, 0.29) is 11.5 Å². The molecule has 4 rings (SSSR count). The first-order valence-electron chi connectivity index (χ1n) is 9.90. The Balaban J connectivity index is 1.62. The highest BCUT2D eigenvalue weighted by atomic mass is 16.1. The monoisotopic (exact) mass is 397 g/mol. The third kappa shape index (κ3) is 4.15. The molecule has 1 N–H and O–H groups in total. The number of aromatic nitrogens is 2. The number of nitrogens with zero attached hydrogens (tertiary/aromatic N) is 2. The molecule has 0 saturated carbocycles. The minimum atomic E-state index is -0.169. The van der Waals surface area contributed by atoms with Crippen LogP contribution in [0.5, 0.6) is 0 Å². The van der Waals surface area contributed by atoms with Crippen LogP contribution in [0, 0.1) is 13.8 Å². The van der Waals surface area contributed by atoms with E-state index in [1.807, 2.05) is 61.5 Å². The first-order valence-corrected chi connectivity index (χ1v) is 9.90. The van der Waals surface area contributed by atoms with Crippen molar-refractivity contribution in [3.8, 4) is 0 Å². The number of hydrogen-bond donors (Lipinski definition) is 1. The predicted molar refractivity (Wildman–Crippen MR) is 119 cm³/mol. The molecule has 0 saturated heterocycles. The van der Waals surface area contributed by atoms with Gasteiger partial charge in [0.25, 0.3) is 11.5 Å². The molecule has 1 amide bonds. The van der Waals surface area contributed by atoms with Crippen molar-refractivity contribution < 1.29 is 4.79 Å². The molecule has 5 nitrogen and oxygen atoms in total. The Hall–Kier alpha value is -3.73. The molecule has 0 atom stereocenters. The second-order valence-corrected chi connectivity index (χ2v) is 7.45. The van der Waals surface area contributed by atoms with Crippen LogP contribution in [0.15, 0.2) is 77.6 Å². The van der Waals surface area contributed by atoms with Crippen LogP contribution >= 0.6 is 0 Å². The number of amides is 1. The molecule has 0 aliphatic rings. The van der Waals surface area contributed by atoms with Gasteiger partial charge in [-0.3, -0.25) is 9.59 Å². The van der Waals surface area contributed by atoms with Crippen LogP contribution in [-0.2, 0) is 13.1 Å². The zero-order chi connectivity index (χ0) is 21.1. The third-order valence-electron chi connectivity index (χ3n) is 5.13. The van der Waals surface area contributed by atoms with Gasteiger partial charge in [0.1, 0.15) is 5.69 Å². The number of fused-ring (bicyclic) bond motifs is 1. The van der Waals surface area contributed by atoms with Gasteiger partial charge in [-0.15, -0.1) is 0 Å². The lowest BCUT2D eigenvalue weighted by atomic mass is 10.1. The SMILES string of the molecule is Cc1ccc(CNC(=O)c2ccc3c(c2)nc(C)c(=O)n3Cc2ccccc2)cc1. The molecule has 0 unspecified atom stereocenters. The number of nitrogens with one attached hydrogen (secondary N) is 1. The van der Waals surface area contributed by atoms with Gasteiger partial charge >= 0.3 is 0 Å². The average Bonchev–Trinajstić information content (AvgIpc) is 2.76. The van der Waals surface area contributed by atoms with Crippen LogP contribution in [0.4, 0.5) is 0 Å². The number of carbonyl (C=O) groups is 1. The fourth-order valence-electron chi connectivity index (χ4n) is 3.43. The van der Waals surface area contributed by atoms with Crippen molar-refractivity contribution in [2.75, 3.05) is 0 Å². The molecule has 1 heterocycles. The van der Waals surface area contributed by atoms with E-state index in [4.69, 9.17) is 0 Å². The fraction of sp³-hybridized carbons (Fsp3) is 0.160. The van der Waals surface area contributed by atoms with Crippen molar-refractivity contribution in [1.29, 1.82) is 0 Å². The molecule has 5 heteroatoms. The first-order chi connectivity index (χ1) is 14.5. The molecule has 0 fully saturated rings. The van der Waals surface area contributed by atoms with Gasteiger partial charge in [0.2, 0.25) is 0 Å². The first kappa shape index (κ1) is 19.6. The van der Waals surface area contributed by atoms with Gasteiger partial charge in [0, 0.05) is 12.1 Å². The van der Waals surface area contributed by atoms with Gasteiger partial charge in [-0.1, -0.05) is 60.2 Å². The lowest BCUT2D eigenvalue weighted by Gasteiger charge is -2.12. The van der Waals surface area contributed by atoms with Crippen LogP contribution in [0.2, 0.25) is 0 Å². The van der Waals surface area contributed by atoms with Crippen LogP contribution < -0.4 is 10.9 Å². The zero-order valence-electron chi connectivity index (χ0n) is 17.1. The highest BCUT2D eigenvalue weighted by molar-refractivity contribution is 5.97. The van der Waals surface area contributed by atoms with Crippen LogP contribution in [0.3, 0.4) is 0 Å². The van der Waals surface area contributed by atoms with E-state index in [9.17, 15) is 9.59 Å². The van der Waals surface area contributed by atoms with Gasteiger partial charge in [-0.05, 0) is 43.2 Å². The lowest BCUT2D eigenvalue weighted by Crippen LogP contribution is -2.25. The molecule has 0 spiro atoms. The summed E-state index contributed by atoms with van der Waals surface area (Å²) in [6.07, 6.45) is 0. The molecular weight excluding hydrogens is 374 g/mol. The molecule has 3 aromatic carbocycles. The smallest absolute Gasteiger partial charge is 0.272 e. The summed E-state index contributed by atoms with van der Waals surface area (Å²) in [5.74, 6) is -0.169. The Morgan fingerprint density at radius 2 is 1.67 bits per heavy atom. The number of carbonyl (C=O) groups excluding carboxylic acids is 1. The molecule has 0 aliphatic heterocycles. The second kappa shape index (κ2) is 8.33. The molecule has 4 aromatic rings. The van der Waals surface area contributed by atoms with E-state index in [1.54, 1.807) is 29.7 Å². The Morgan fingerprint density at radius 1 is 0.933 bits per heavy atom. The fourth-order valence-corrected chi connectivity index (χ4v) is 3.43. The van der Waals surface area contributed by atoms with E-state index in [1.165, 1.54) is 5.56 Å². The standard InChI is InChI=1S/C25H23N3O2/c1-17-8-10-19(11-9-17)15-26-24(29)21-12-13-23-22(14-21)27-18(2)25(30)28(23)16-20-6-4-3-5-7-20/h3-14H,15-16H2,1-2H3,(H,26,29). The van der Waals surface area contributed by atoms with Crippen molar-refractivity contribution in [2.45, 2.75) is 26.9 Å². The maximum absolute atomic E-state index is 12.7. The molecule has 1 aromatic heterocycles. The second-order valence-electron chi connectivity index (χ2n) is 7.45. The molecular formula is C25H23N3O2. The zero-order valence-corrected chi connectivity index (χ0v) is 17.1. The highest BCUT2D eigenvalue weighted by Crippen LogP contribution is 2.15. The van der Waals surface area contributed by atoms with E-state index in [2.05, 4.69) is 10.3 Å². The summed E-state index contributed by atoms with van der Waals surface area (Å²) in [5.41, 5.74) is 5.41. The largest absolute Gasteiger partial charge is 0.348 e. The summed E-state index contributed by atoms with van der Waals surface area (Å²) in [6.45, 7) is 4.65. The minimum Gasteiger partial charge on any atom is -0.348 e. The molecule has 0 bridgehead atoms. The van der Waals surface area contributed by atoms with Crippen LogP contribution in [-0.4, -0.2) is 15.5 Å². The van der Waals surface area contributed by atoms with E-state index < -0.39 is 0 Å². The van der Waals surface area contributed by atoms with Crippen LogP contribution in [0.1, 0.15) is 32.7 Å². The minimum absolute atomic E-state index is 0.122. The van der Waals surface area contributed by atoms with Gasteiger partial charge in [-0.2, -0.15) is 0 Å². The van der Waals surface area contributed by atoms with Crippen molar-refractivity contribution in [1.82, 2.24) is 14.9 Å². The molecule has 150 valence electrons. The normalized spacial score (nSPS) is 10.9. The number of aryl methyl sites for hydroxylation is 2. The van der Waals surface area contributed by atoms with Gasteiger partial charge in [0.05, 0.1) is 17.6 Å². The lowest BCUT2D eigenvalue weighted by molar-refractivity contribution is 0.0951. The van der Waals surface area contributed by atoms with Crippen LogP contribution in [0.25, 0.3) is 11.0 Å². The van der Waals surface area contributed by atoms with Crippen molar-refractivity contribution in [3.63, 3.8) is 0 Å². The van der Waals surface area contributed by atoms with Gasteiger partial charge in [0.15, 0.2) is 0 Å². The Labute approximate surface area is 175 Å². The summed E-state index contributed by atoms with van der Waals surface area (Å²) < 4.78 is 1.71. The Bertz CT molecular complexity index is 1260. The quantitative estimate of drug-likeness (QED) is 0.554. The molecule has 30 heavy (non-hydrogen) atoms. The van der Waals surface area contributed by atoms with Gasteiger partial charge < -0.3 is 9.88 Å². The highest BCUT2D eigenvalue weighted by Gasteiger charge is 2.12. The maximum atomic E-state index is 12.7. The summed E-state index contributed by atoms with van der Waals surface area (Å²) in [7, 11) is 0. The van der Waals surface area contributed by atoms with Gasteiger partial charge in [-0.25, -0.2) is 4.98 Å². The summed E-state index contributed by atoms with van der Waals surface area (Å²) in [6, 6.07) is 23.2. The third-order valence-corrected chi connectivity index (χ3v) is 5.13. The predicted octanol–water partition coefficient (Wildman–Crippen LogP) is 3.99. The van der Waals surface area contributed by atoms with Crippen molar-refractivity contribution in [2.24, 2.45) is 0 Å². The Kier molecular flexibility index (Phi) is 5.44. The summed E-state index contributed by atoms with van der Waals surface area (Å²) >= 11 is 0.